The number of carbonyl (C=O) groups excluding carboxylic acids is 1. The molecule has 0 bridgehead atoms. The Hall–Kier alpha value is -0.780. The molecule has 0 saturated heterocycles. The van der Waals surface area contributed by atoms with Gasteiger partial charge in [0.25, 0.3) is 0 Å². The highest BCUT2D eigenvalue weighted by Crippen LogP contribution is 2.28. The monoisotopic (exact) mass is 322 g/mol. The van der Waals surface area contributed by atoms with Crippen LogP contribution in [-0.4, -0.2) is 28.3 Å². The van der Waals surface area contributed by atoms with Gasteiger partial charge < -0.3 is 10.6 Å². The van der Waals surface area contributed by atoms with Gasteiger partial charge in [0.15, 0.2) is 0 Å². The van der Waals surface area contributed by atoms with Crippen LogP contribution in [0.4, 0.5) is 10.5 Å². The predicted octanol–water partition coefficient (Wildman–Crippen LogP) is 3.19. The first kappa shape index (κ1) is 16.3. The molecule has 7 heteroatoms. The Balaban J connectivity index is 2.67. The first-order chi connectivity index (χ1) is 8.79. The van der Waals surface area contributed by atoms with E-state index in [1.54, 1.807) is 25.3 Å². The Kier molecular flexibility index (Phi) is 6.10. The number of anilines is 1. The number of benzene rings is 1. The summed E-state index contributed by atoms with van der Waals surface area (Å²) in [6, 6.07) is 2.69. The van der Waals surface area contributed by atoms with Crippen LogP contribution in [-0.2, 0) is 10.8 Å². The third-order valence-corrected chi connectivity index (χ3v) is 4.05. The van der Waals surface area contributed by atoms with Gasteiger partial charge in [-0.15, -0.1) is 0 Å². The van der Waals surface area contributed by atoms with Crippen LogP contribution in [0.3, 0.4) is 0 Å². The number of carbonyl (C=O) groups is 1. The van der Waals surface area contributed by atoms with E-state index in [-0.39, 0.29) is 6.04 Å². The standard InChI is InChI=1S/C12H16Cl2N2O2S/c1-7-4-10(14)11(5-9(7)13)16-12(17)15-8(2)6-19(3)18/h4-5,8H,6H2,1-3H3,(H2,15,16,17)/t8-,19+/m1/s1. The maximum atomic E-state index is 11.7. The van der Waals surface area contributed by atoms with Crippen LogP contribution in [0, 0.1) is 6.92 Å². The molecule has 0 aliphatic rings. The van der Waals surface area contributed by atoms with E-state index >= 15 is 0 Å². The van der Waals surface area contributed by atoms with Gasteiger partial charge in [-0.05, 0) is 31.5 Å². The van der Waals surface area contributed by atoms with Crippen molar-refractivity contribution in [1.82, 2.24) is 5.32 Å². The smallest absolute Gasteiger partial charge is 0.319 e. The molecule has 0 radical (unpaired) electrons. The lowest BCUT2D eigenvalue weighted by molar-refractivity contribution is 0.250. The van der Waals surface area contributed by atoms with Crippen LogP contribution in [0.1, 0.15) is 12.5 Å². The fourth-order valence-corrected chi connectivity index (χ4v) is 2.73. The van der Waals surface area contributed by atoms with Gasteiger partial charge in [-0.3, -0.25) is 4.21 Å². The molecule has 0 aliphatic heterocycles. The first-order valence-electron chi connectivity index (χ1n) is 5.62. The quantitative estimate of drug-likeness (QED) is 0.894. The van der Waals surface area contributed by atoms with Crippen molar-refractivity contribution in [2.45, 2.75) is 19.9 Å². The van der Waals surface area contributed by atoms with E-state index < -0.39 is 16.8 Å². The van der Waals surface area contributed by atoms with Crippen molar-refractivity contribution >= 4 is 45.7 Å². The van der Waals surface area contributed by atoms with Crippen LogP contribution in [0.15, 0.2) is 12.1 Å². The Morgan fingerprint density at radius 2 is 2.00 bits per heavy atom. The van der Waals surface area contributed by atoms with Gasteiger partial charge in [0.05, 0.1) is 10.7 Å². The molecule has 0 unspecified atom stereocenters. The van der Waals surface area contributed by atoms with E-state index in [9.17, 15) is 9.00 Å². The zero-order valence-electron chi connectivity index (χ0n) is 10.9. The Labute approximate surface area is 125 Å². The van der Waals surface area contributed by atoms with Gasteiger partial charge in [0.1, 0.15) is 0 Å². The normalized spacial score (nSPS) is 13.7. The minimum atomic E-state index is -0.959. The average molecular weight is 323 g/mol. The number of hydrogen-bond acceptors (Lipinski definition) is 2. The Morgan fingerprint density at radius 3 is 2.58 bits per heavy atom. The molecule has 106 valence electrons. The number of rotatable bonds is 4. The minimum absolute atomic E-state index is 0.189. The maximum Gasteiger partial charge on any atom is 0.319 e. The molecule has 1 rings (SSSR count). The minimum Gasteiger partial charge on any atom is -0.334 e. The second kappa shape index (κ2) is 7.12. The average Bonchev–Trinajstić information content (AvgIpc) is 2.24. The van der Waals surface area contributed by atoms with Crippen molar-refractivity contribution in [2.24, 2.45) is 0 Å². The number of hydrogen-bond donors (Lipinski definition) is 2. The summed E-state index contributed by atoms with van der Waals surface area (Å²) in [6.07, 6.45) is 1.59. The molecule has 2 atom stereocenters. The Morgan fingerprint density at radius 1 is 1.37 bits per heavy atom. The lowest BCUT2D eigenvalue weighted by Crippen LogP contribution is -2.39. The molecular formula is C12H16Cl2N2O2S. The lowest BCUT2D eigenvalue weighted by atomic mass is 10.2. The summed E-state index contributed by atoms with van der Waals surface area (Å²) in [7, 11) is -0.959. The van der Waals surface area contributed by atoms with Crippen molar-refractivity contribution in [3.05, 3.63) is 27.7 Å². The molecule has 0 heterocycles. The van der Waals surface area contributed by atoms with Gasteiger partial charge in [0, 0.05) is 33.9 Å². The maximum absolute atomic E-state index is 11.7. The molecule has 0 fully saturated rings. The highest BCUT2D eigenvalue weighted by Gasteiger charge is 2.11. The molecule has 4 nitrogen and oxygen atoms in total. The third-order valence-electron chi connectivity index (χ3n) is 2.36. The summed E-state index contributed by atoms with van der Waals surface area (Å²) < 4.78 is 11.0. The second-order valence-corrected chi connectivity index (χ2v) is 6.61. The lowest BCUT2D eigenvalue weighted by Gasteiger charge is -2.14. The molecule has 19 heavy (non-hydrogen) atoms. The molecular weight excluding hydrogens is 307 g/mol. The van der Waals surface area contributed by atoms with E-state index in [0.717, 1.165) is 5.56 Å². The third kappa shape index (κ3) is 5.38. The van der Waals surface area contributed by atoms with Crippen molar-refractivity contribution in [3.8, 4) is 0 Å². The SMILES string of the molecule is Cc1cc(Cl)c(NC(=O)N[C@H](C)C[S@](C)=O)cc1Cl. The topological polar surface area (TPSA) is 58.2 Å². The molecule has 2 amide bonds. The summed E-state index contributed by atoms with van der Waals surface area (Å²) >= 11 is 12.0. The zero-order chi connectivity index (χ0) is 14.6. The number of halogens is 2. The van der Waals surface area contributed by atoms with Crippen LogP contribution in [0.2, 0.25) is 10.0 Å². The molecule has 2 N–H and O–H groups in total. The molecule has 0 spiro atoms. The first-order valence-corrected chi connectivity index (χ1v) is 8.11. The van der Waals surface area contributed by atoms with Crippen LogP contribution >= 0.6 is 23.2 Å². The van der Waals surface area contributed by atoms with Crippen molar-refractivity contribution < 1.29 is 9.00 Å². The number of amides is 2. The zero-order valence-corrected chi connectivity index (χ0v) is 13.2. The van der Waals surface area contributed by atoms with E-state index in [1.807, 2.05) is 6.92 Å². The molecule has 0 aliphatic carbocycles. The van der Waals surface area contributed by atoms with Crippen molar-refractivity contribution in [1.29, 1.82) is 0 Å². The van der Waals surface area contributed by atoms with E-state index in [2.05, 4.69) is 10.6 Å². The fraction of sp³-hybridized carbons (Fsp3) is 0.417. The van der Waals surface area contributed by atoms with Gasteiger partial charge >= 0.3 is 6.03 Å². The van der Waals surface area contributed by atoms with Crippen LogP contribution in [0.25, 0.3) is 0 Å². The highest BCUT2D eigenvalue weighted by atomic mass is 35.5. The summed E-state index contributed by atoms with van der Waals surface area (Å²) in [6.45, 7) is 3.61. The van der Waals surface area contributed by atoms with Crippen LogP contribution in [0.5, 0.6) is 0 Å². The van der Waals surface area contributed by atoms with E-state index in [1.165, 1.54) is 0 Å². The summed E-state index contributed by atoms with van der Waals surface area (Å²) in [5.41, 5.74) is 1.28. The molecule has 0 saturated carbocycles. The largest absolute Gasteiger partial charge is 0.334 e. The van der Waals surface area contributed by atoms with Gasteiger partial charge in [-0.1, -0.05) is 23.2 Å². The summed E-state index contributed by atoms with van der Waals surface area (Å²) in [5.74, 6) is 0.399. The number of urea groups is 1. The predicted molar refractivity (Wildman–Crippen MR) is 81.7 cm³/mol. The number of aryl methyl sites for hydroxylation is 1. The van der Waals surface area contributed by atoms with Gasteiger partial charge in [-0.2, -0.15) is 0 Å². The Bertz CT molecular complexity index is 509. The molecule has 1 aromatic rings. The summed E-state index contributed by atoms with van der Waals surface area (Å²) in [4.78, 5) is 11.7. The van der Waals surface area contributed by atoms with Crippen molar-refractivity contribution in [2.75, 3.05) is 17.3 Å². The van der Waals surface area contributed by atoms with Crippen LogP contribution < -0.4 is 10.6 Å². The second-order valence-electron chi connectivity index (χ2n) is 4.32. The summed E-state index contributed by atoms with van der Waals surface area (Å²) in [5, 5.41) is 6.24. The molecule has 0 aromatic heterocycles. The molecule has 1 aromatic carbocycles. The van der Waals surface area contributed by atoms with E-state index in [4.69, 9.17) is 23.2 Å². The van der Waals surface area contributed by atoms with E-state index in [0.29, 0.717) is 21.5 Å². The van der Waals surface area contributed by atoms with Gasteiger partial charge in [0.2, 0.25) is 0 Å². The fourth-order valence-electron chi connectivity index (χ4n) is 1.52. The van der Waals surface area contributed by atoms with Gasteiger partial charge in [-0.25, -0.2) is 4.79 Å². The van der Waals surface area contributed by atoms with Crippen molar-refractivity contribution in [3.63, 3.8) is 0 Å². The number of nitrogens with one attached hydrogen (secondary N) is 2. The highest BCUT2D eigenvalue weighted by molar-refractivity contribution is 7.84.